The van der Waals surface area contributed by atoms with Crippen LogP contribution in [0.4, 0.5) is 5.69 Å². The molecule has 1 heterocycles. The standard InChI is InChI=1S/C18H32N6O3/c1-3-19-17(20-10-11-23-14-16(13-22-23)24(25)26)21-15-18(7-5-6-8-18)9-12-27-4-2/h13-14H,3-12,15H2,1-2H3,(H2,19,20,21). The maximum atomic E-state index is 10.7. The minimum absolute atomic E-state index is 0.00745. The third-order valence-electron chi connectivity index (χ3n) is 5.03. The molecular formula is C18H32N6O3. The van der Waals surface area contributed by atoms with Crippen molar-refractivity contribution in [1.82, 2.24) is 20.4 Å². The number of ether oxygens (including phenoxy) is 1. The first kappa shape index (κ1) is 21.1. The van der Waals surface area contributed by atoms with E-state index in [0.717, 1.165) is 38.7 Å². The zero-order chi connectivity index (χ0) is 19.5. The Labute approximate surface area is 160 Å². The molecule has 0 radical (unpaired) electrons. The van der Waals surface area contributed by atoms with Gasteiger partial charge >= 0.3 is 5.69 Å². The molecule has 1 fully saturated rings. The minimum atomic E-state index is -0.439. The summed E-state index contributed by atoms with van der Waals surface area (Å²) in [5.74, 6) is 0.779. The first-order valence-electron chi connectivity index (χ1n) is 9.85. The SMILES string of the molecule is CCNC(=NCC1(CCOCC)CCCC1)NCCn1cc([N+](=O)[O-])cn1. The van der Waals surface area contributed by atoms with Gasteiger partial charge in [0.25, 0.3) is 0 Å². The fourth-order valence-electron chi connectivity index (χ4n) is 3.49. The highest BCUT2D eigenvalue weighted by molar-refractivity contribution is 5.79. The lowest BCUT2D eigenvalue weighted by Crippen LogP contribution is -2.40. The largest absolute Gasteiger partial charge is 0.382 e. The van der Waals surface area contributed by atoms with Gasteiger partial charge in [-0.25, -0.2) is 0 Å². The maximum Gasteiger partial charge on any atom is 0.306 e. The molecule has 9 heteroatoms. The molecule has 1 saturated carbocycles. The Morgan fingerprint density at radius 3 is 2.81 bits per heavy atom. The van der Waals surface area contributed by atoms with Crippen LogP contribution >= 0.6 is 0 Å². The second-order valence-electron chi connectivity index (χ2n) is 6.99. The third-order valence-corrected chi connectivity index (χ3v) is 5.03. The Balaban J connectivity index is 1.87. The maximum absolute atomic E-state index is 10.7. The number of aromatic nitrogens is 2. The minimum Gasteiger partial charge on any atom is -0.382 e. The molecule has 2 N–H and O–H groups in total. The molecule has 9 nitrogen and oxygen atoms in total. The van der Waals surface area contributed by atoms with Crippen LogP contribution < -0.4 is 10.6 Å². The van der Waals surface area contributed by atoms with Crippen molar-refractivity contribution in [3.8, 4) is 0 Å². The van der Waals surface area contributed by atoms with Crippen molar-refractivity contribution in [2.24, 2.45) is 10.4 Å². The number of guanidine groups is 1. The van der Waals surface area contributed by atoms with E-state index in [1.165, 1.54) is 38.1 Å². The number of rotatable bonds is 11. The Morgan fingerprint density at radius 2 is 2.19 bits per heavy atom. The van der Waals surface area contributed by atoms with Crippen molar-refractivity contribution in [1.29, 1.82) is 0 Å². The number of nitrogens with one attached hydrogen (secondary N) is 2. The Bertz CT molecular complexity index is 610. The molecule has 1 aromatic heterocycles. The average molecular weight is 380 g/mol. The summed E-state index contributed by atoms with van der Waals surface area (Å²) in [6.45, 7) is 8.33. The molecule has 0 unspecified atom stereocenters. The molecule has 0 saturated heterocycles. The van der Waals surface area contributed by atoms with Gasteiger partial charge < -0.3 is 15.4 Å². The number of nitrogens with zero attached hydrogens (tertiary/aromatic N) is 4. The topological polar surface area (TPSA) is 107 Å². The highest BCUT2D eigenvalue weighted by Crippen LogP contribution is 2.41. The first-order chi connectivity index (χ1) is 13.1. The summed E-state index contributed by atoms with van der Waals surface area (Å²) >= 11 is 0. The summed E-state index contributed by atoms with van der Waals surface area (Å²) in [4.78, 5) is 15.1. The highest BCUT2D eigenvalue weighted by atomic mass is 16.6. The Kier molecular flexibility index (Phi) is 8.50. The monoisotopic (exact) mass is 380 g/mol. The number of hydrogen-bond donors (Lipinski definition) is 2. The zero-order valence-corrected chi connectivity index (χ0v) is 16.4. The quantitative estimate of drug-likeness (QED) is 0.201. The van der Waals surface area contributed by atoms with E-state index < -0.39 is 4.92 Å². The van der Waals surface area contributed by atoms with Crippen LogP contribution in [0.15, 0.2) is 17.4 Å². The van der Waals surface area contributed by atoms with E-state index >= 15 is 0 Å². The van der Waals surface area contributed by atoms with Crippen LogP contribution in [-0.2, 0) is 11.3 Å². The van der Waals surface area contributed by atoms with Crippen LogP contribution in [0.5, 0.6) is 0 Å². The van der Waals surface area contributed by atoms with Gasteiger partial charge in [0, 0.05) is 32.8 Å². The highest BCUT2D eigenvalue weighted by Gasteiger charge is 2.33. The summed E-state index contributed by atoms with van der Waals surface area (Å²) in [6, 6.07) is 0. The van der Waals surface area contributed by atoms with Crippen molar-refractivity contribution in [3.05, 3.63) is 22.5 Å². The molecule has 27 heavy (non-hydrogen) atoms. The van der Waals surface area contributed by atoms with Gasteiger partial charge in [-0.15, -0.1) is 0 Å². The number of nitro groups is 1. The van der Waals surface area contributed by atoms with E-state index in [0.29, 0.717) is 13.1 Å². The summed E-state index contributed by atoms with van der Waals surface area (Å²) in [5, 5.41) is 21.3. The zero-order valence-electron chi connectivity index (χ0n) is 16.4. The van der Waals surface area contributed by atoms with Crippen molar-refractivity contribution in [2.45, 2.75) is 52.5 Å². The lowest BCUT2D eigenvalue weighted by molar-refractivity contribution is -0.385. The van der Waals surface area contributed by atoms with E-state index in [-0.39, 0.29) is 11.1 Å². The summed E-state index contributed by atoms with van der Waals surface area (Å²) in [7, 11) is 0. The van der Waals surface area contributed by atoms with Crippen molar-refractivity contribution < 1.29 is 9.66 Å². The molecule has 1 aromatic rings. The van der Waals surface area contributed by atoms with Crippen molar-refractivity contribution in [2.75, 3.05) is 32.8 Å². The van der Waals surface area contributed by atoms with Crippen molar-refractivity contribution in [3.63, 3.8) is 0 Å². The fourth-order valence-corrected chi connectivity index (χ4v) is 3.49. The summed E-state index contributed by atoms with van der Waals surface area (Å²) in [5.41, 5.74) is 0.258. The van der Waals surface area contributed by atoms with Gasteiger partial charge in [0.2, 0.25) is 0 Å². The lowest BCUT2D eigenvalue weighted by Gasteiger charge is -2.27. The Morgan fingerprint density at radius 1 is 1.41 bits per heavy atom. The molecule has 2 rings (SSSR count). The first-order valence-corrected chi connectivity index (χ1v) is 9.85. The van der Waals surface area contributed by atoms with E-state index in [1.54, 1.807) is 4.68 Å². The second kappa shape index (κ2) is 10.9. The van der Waals surface area contributed by atoms with Gasteiger partial charge in [-0.2, -0.15) is 5.10 Å². The lowest BCUT2D eigenvalue weighted by atomic mass is 9.83. The van der Waals surface area contributed by atoms with E-state index in [9.17, 15) is 10.1 Å². The molecule has 152 valence electrons. The van der Waals surface area contributed by atoms with E-state index in [4.69, 9.17) is 9.73 Å². The van der Waals surface area contributed by atoms with Gasteiger partial charge in [-0.3, -0.25) is 19.8 Å². The van der Waals surface area contributed by atoms with Crippen LogP contribution in [0.25, 0.3) is 0 Å². The summed E-state index contributed by atoms with van der Waals surface area (Å²) < 4.78 is 7.13. The van der Waals surface area contributed by atoms with Crippen LogP contribution in [0, 0.1) is 15.5 Å². The molecule has 0 atom stereocenters. The molecule has 0 aromatic carbocycles. The molecule has 0 aliphatic heterocycles. The smallest absolute Gasteiger partial charge is 0.306 e. The molecule has 1 aliphatic carbocycles. The fraction of sp³-hybridized carbons (Fsp3) is 0.778. The van der Waals surface area contributed by atoms with Crippen LogP contribution in [0.1, 0.15) is 46.0 Å². The second-order valence-corrected chi connectivity index (χ2v) is 6.99. The predicted octanol–water partition coefficient (Wildman–Crippen LogP) is 2.33. The predicted molar refractivity (Wildman–Crippen MR) is 105 cm³/mol. The molecule has 0 spiro atoms. The number of aliphatic imine (C=N–C) groups is 1. The molecule has 0 amide bonds. The van der Waals surface area contributed by atoms with Gasteiger partial charge in [-0.1, -0.05) is 12.8 Å². The normalized spacial score (nSPS) is 16.4. The van der Waals surface area contributed by atoms with Gasteiger partial charge in [0.05, 0.1) is 11.5 Å². The molecule has 0 bridgehead atoms. The van der Waals surface area contributed by atoms with Gasteiger partial charge in [0.1, 0.15) is 12.4 Å². The van der Waals surface area contributed by atoms with Crippen LogP contribution in [-0.4, -0.2) is 53.5 Å². The van der Waals surface area contributed by atoms with Gasteiger partial charge in [0.15, 0.2) is 5.96 Å². The summed E-state index contributed by atoms with van der Waals surface area (Å²) in [6.07, 6.45) is 8.71. The van der Waals surface area contributed by atoms with Gasteiger partial charge in [-0.05, 0) is 38.5 Å². The third kappa shape index (κ3) is 6.82. The van der Waals surface area contributed by atoms with Crippen molar-refractivity contribution >= 4 is 11.6 Å². The molecular weight excluding hydrogens is 348 g/mol. The van der Waals surface area contributed by atoms with E-state index in [2.05, 4.69) is 15.7 Å². The van der Waals surface area contributed by atoms with Crippen LogP contribution in [0.2, 0.25) is 0 Å². The number of hydrogen-bond acceptors (Lipinski definition) is 5. The van der Waals surface area contributed by atoms with E-state index in [1.807, 2.05) is 13.8 Å². The van der Waals surface area contributed by atoms with Crippen LogP contribution in [0.3, 0.4) is 0 Å². The Hall–Kier alpha value is -2.16. The molecule has 1 aliphatic rings. The average Bonchev–Trinajstić information content (AvgIpc) is 3.30.